The van der Waals surface area contributed by atoms with Gasteiger partial charge in [-0.25, -0.2) is 30.5 Å². The van der Waals surface area contributed by atoms with Gasteiger partial charge in [0.25, 0.3) is 10.0 Å². The number of aromatic nitrogens is 2. The number of nitrogens with two attached hydrogens (primary N) is 1. The van der Waals surface area contributed by atoms with Crippen molar-refractivity contribution in [1.29, 1.82) is 0 Å². The van der Waals surface area contributed by atoms with E-state index in [4.69, 9.17) is 5.73 Å². The number of alkyl halides is 1. The lowest BCUT2D eigenvalue weighted by molar-refractivity contribution is 0.549. The first kappa shape index (κ1) is 23.8. The minimum Gasteiger partial charge on any atom is -0.396 e. The number of aryl methyl sites for hydroxylation is 1. The second kappa shape index (κ2) is 8.64. The van der Waals surface area contributed by atoms with Gasteiger partial charge in [0.05, 0.1) is 27.7 Å². The summed E-state index contributed by atoms with van der Waals surface area (Å²) in [4.78, 5) is 4.50. The lowest BCUT2D eigenvalue weighted by Crippen LogP contribution is -2.36. The number of anilines is 2. The third kappa shape index (κ3) is 4.40. The molecule has 0 saturated heterocycles. The van der Waals surface area contributed by atoms with Crippen molar-refractivity contribution >= 4 is 65.0 Å². The fourth-order valence-electron chi connectivity index (χ4n) is 4.38. The Kier molecular flexibility index (Phi) is 6.06. The number of nitrogens with one attached hydrogen (secondary N) is 2. The van der Waals surface area contributed by atoms with Gasteiger partial charge in [-0.05, 0) is 50.8 Å². The Hall–Kier alpha value is -1.90. The number of benzene rings is 1. The number of hydrogen-bond donors (Lipinski definition) is 3. The zero-order valence-electron chi connectivity index (χ0n) is 18.5. The van der Waals surface area contributed by atoms with Crippen LogP contribution in [0, 0.1) is 6.92 Å². The molecule has 2 aliphatic rings. The van der Waals surface area contributed by atoms with E-state index in [0.29, 0.717) is 29.6 Å². The van der Waals surface area contributed by atoms with Crippen LogP contribution in [0.1, 0.15) is 31.2 Å². The predicted molar refractivity (Wildman–Crippen MR) is 141 cm³/mol. The molecule has 3 atom stereocenters. The fourth-order valence-corrected chi connectivity index (χ4v) is 8.38. The Balaban J connectivity index is 1.43. The van der Waals surface area contributed by atoms with Crippen molar-refractivity contribution in [3.63, 3.8) is 0 Å². The van der Waals surface area contributed by atoms with Crippen LogP contribution in [-0.4, -0.2) is 47.1 Å². The molecule has 0 amide bonds. The Morgan fingerprint density at radius 3 is 2.47 bits per heavy atom. The molecule has 2 heterocycles. The van der Waals surface area contributed by atoms with Gasteiger partial charge in [-0.1, -0.05) is 40.3 Å². The van der Waals surface area contributed by atoms with Gasteiger partial charge in [-0.3, -0.25) is 0 Å². The molecule has 0 aliphatic heterocycles. The van der Waals surface area contributed by atoms with E-state index in [1.54, 1.807) is 30.3 Å². The monoisotopic (exact) mass is 615 g/mol. The maximum absolute atomic E-state index is 13.3. The summed E-state index contributed by atoms with van der Waals surface area (Å²) >= 11 is 2.33. The average molecular weight is 616 g/mol. The standard InChI is InChI=1S/C22H26IN5O4S2/c1-13-2-4-16(5-3-13)34(31,32)28-9-8-17-21(19(24)12-25-22(17)28)26-20-11-14(10-18(20)23)27-33(29,30)15-6-7-15/h2-5,8-9,12,14-15,18,20,27H,6-7,10-11,24H2,1H3,(H,25,26)/t14-,18+,20-/m0/s1. The summed E-state index contributed by atoms with van der Waals surface area (Å²) in [6.45, 7) is 1.90. The molecule has 9 nitrogen and oxygen atoms in total. The molecule has 2 fully saturated rings. The van der Waals surface area contributed by atoms with Gasteiger partial charge in [0.15, 0.2) is 5.65 Å². The molecule has 4 N–H and O–H groups in total. The number of hydrogen-bond acceptors (Lipinski definition) is 7. The fraction of sp³-hybridized carbons (Fsp3) is 0.409. The van der Waals surface area contributed by atoms with Crippen molar-refractivity contribution in [3.05, 3.63) is 48.3 Å². The summed E-state index contributed by atoms with van der Waals surface area (Å²) < 4.78 is 55.4. The van der Waals surface area contributed by atoms with Gasteiger partial charge in [0, 0.05) is 27.6 Å². The molecule has 1 aromatic carbocycles. The molecular weight excluding hydrogens is 589 g/mol. The highest BCUT2D eigenvalue weighted by atomic mass is 127. The zero-order chi connectivity index (χ0) is 24.3. The number of sulfonamides is 1. The van der Waals surface area contributed by atoms with Crippen LogP contribution in [0.3, 0.4) is 0 Å². The van der Waals surface area contributed by atoms with Crippen LogP contribution in [0.5, 0.6) is 0 Å². The van der Waals surface area contributed by atoms with Crippen LogP contribution < -0.4 is 15.8 Å². The molecule has 2 aromatic heterocycles. The summed E-state index contributed by atoms with van der Waals surface area (Å²) in [6, 6.07) is 8.19. The molecule has 0 spiro atoms. The molecule has 3 aromatic rings. The Morgan fingerprint density at radius 2 is 1.79 bits per heavy atom. The molecule has 34 heavy (non-hydrogen) atoms. The molecule has 12 heteroatoms. The summed E-state index contributed by atoms with van der Waals surface area (Å²) in [6.07, 6.45) is 5.72. The van der Waals surface area contributed by atoms with Crippen LogP contribution >= 0.6 is 22.6 Å². The number of rotatable bonds is 7. The highest BCUT2D eigenvalue weighted by molar-refractivity contribution is 14.1. The molecule has 2 saturated carbocycles. The van der Waals surface area contributed by atoms with E-state index < -0.39 is 20.0 Å². The topological polar surface area (TPSA) is 136 Å². The third-order valence-electron chi connectivity index (χ3n) is 6.40. The van der Waals surface area contributed by atoms with Crippen molar-refractivity contribution in [1.82, 2.24) is 13.7 Å². The Bertz CT molecular complexity index is 1450. The highest BCUT2D eigenvalue weighted by Gasteiger charge is 2.41. The molecule has 5 rings (SSSR count). The van der Waals surface area contributed by atoms with Gasteiger partial charge in [0.1, 0.15) is 0 Å². The van der Waals surface area contributed by atoms with Crippen LogP contribution in [0.25, 0.3) is 11.0 Å². The van der Waals surface area contributed by atoms with Crippen molar-refractivity contribution < 1.29 is 16.8 Å². The van der Waals surface area contributed by atoms with E-state index >= 15 is 0 Å². The van der Waals surface area contributed by atoms with Crippen molar-refractivity contribution in [3.8, 4) is 0 Å². The van der Waals surface area contributed by atoms with Crippen LogP contribution in [-0.2, 0) is 20.0 Å². The maximum atomic E-state index is 13.3. The van der Waals surface area contributed by atoms with Gasteiger partial charge in [-0.2, -0.15) is 0 Å². The first-order valence-electron chi connectivity index (χ1n) is 11.1. The lowest BCUT2D eigenvalue weighted by Gasteiger charge is -2.20. The first-order valence-corrected chi connectivity index (χ1v) is 15.3. The number of fused-ring (bicyclic) bond motifs is 1. The molecule has 0 radical (unpaired) electrons. The quantitative estimate of drug-likeness (QED) is 0.275. The third-order valence-corrected chi connectivity index (χ3v) is 11.5. The molecule has 2 aliphatic carbocycles. The minimum absolute atomic E-state index is 0.0301. The summed E-state index contributed by atoms with van der Waals surface area (Å²) in [5.74, 6) is 0. The van der Waals surface area contributed by atoms with E-state index in [1.165, 1.54) is 16.4 Å². The minimum atomic E-state index is -3.83. The van der Waals surface area contributed by atoms with E-state index in [2.05, 4.69) is 37.6 Å². The molecule has 0 unspecified atom stereocenters. The molecule has 0 bridgehead atoms. The summed E-state index contributed by atoms with van der Waals surface area (Å²) in [5.41, 5.74) is 8.51. The second-order valence-electron chi connectivity index (χ2n) is 9.05. The van der Waals surface area contributed by atoms with Gasteiger partial charge >= 0.3 is 0 Å². The molecular formula is C22H26IN5O4S2. The number of halogens is 1. The van der Waals surface area contributed by atoms with E-state index in [-0.39, 0.29) is 31.8 Å². The maximum Gasteiger partial charge on any atom is 0.269 e. The highest BCUT2D eigenvalue weighted by Crippen LogP contribution is 2.36. The van der Waals surface area contributed by atoms with Crippen molar-refractivity contribution in [2.45, 2.75) is 58.8 Å². The smallest absolute Gasteiger partial charge is 0.269 e. The van der Waals surface area contributed by atoms with E-state index in [9.17, 15) is 16.8 Å². The van der Waals surface area contributed by atoms with Gasteiger partial charge in [0.2, 0.25) is 10.0 Å². The van der Waals surface area contributed by atoms with E-state index in [0.717, 1.165) is 18.4 Å². The average Bonchev–Trinajstić information content (AvgIpc) is 3.47. The van der Waals surface area contributed by atoms with Crippen LogP contribution in [0.2, 0.25) is 0 Å². The first-order chi connectivity index (χ1) is 16.1. The predicted octanol–water partition coefficient (Wildman–Crippen LogP) is 2.99. The number of nitrogens with zero attached hydrogens (tertiary/aromatic N) is 2. The SMILES string of the molecule is Cc1ccc(S(=O)(=O)n2ccc3c(N[C@H]4C[C@@H](NS(=O)(=O)C5CC5)C[C@H]4I)c(N)cnc32)cc1. The Morgan fingerprint density at radius 1 is 1.09 bits per heavy atom. The summed E-state index contributed by atoms with van der Waals surface area (Å²) in [7, 11) is -7.09. The largest absolute Gasteiger partial charge is 0.396 e. The van der Waals surface area contributed by atoms with Crippen LogP contribution in [0.4, 0.5) is 11.4 Å². The van der Waals surface area contributed by atoms with Gasteiger partial charge < -0.3 is 11.1 Å². The lowest BCUT2D eigenvalue weighted by atomic mass is 10.2. The van der Waals surface area contributed by atoms with Gasteiger partial charge in [-0.15, -0.1) is 0 Å². The second-order valence-corrected chi connectivity index (χ2v) is 14.5. The molecule has 182 valence electrons. The number of pyridine rings is 1. The zero-order valence-corrected chi connectivity index (χ0v) is 22.3. The summed E-state index contributed by atoms with van der Waals surface area (Å²) in [5, 5.41) is 3.81. The van der Waals surface area contributed by atoms with Crippen molar-refractivity contribution in [2.24, 2.45) is 0 Å². The Labute approximate surface area is 212 Å². The van der Waals surface area contributed by atoms with Crippen LogP contribution in [0.15, 0.2) is 47.6 Å². The normalized spacial score (nSPS) is 23.4. The van der Waals surface area contributed by atoms with E-state index in [1.807, 2.05) is 6.92 Å². The number of nitrogen functional groups attached to an aromatic ring is 1. The van der Waals surface area contributed by atoms with Crippen molar-refractivity contribution in [2.75, 3.05) is 11.1 Å².